The minimum Gasteiger partial charge on any atom is -0.258 e. The minimum absolute atomic E-state index is 0.0588. The molecule has 0 amide bonds. The van der Waals surface area contributed by atoms with Gasteiger partial charge in [0.25, 0.3) is 10.6 Å². The average Bonchev–Trinajstić information content (AvgIpc) is 2.73. The second kappa shape index (κ2) is 8.63. The van der Waals surface area contributed by atoms with Crippen LogP contribution in [0.25, 0.3) is 0 Å². The van der Waals surface area contributed by atoms with Crippen molar-refractivity contribution in [1.82, 2.24) is 0 Å². The Hall–Kier alpha value is -2.90. The standard InChI is InChI=1S/C18H14IN2O7S/c22-20(23)16-8-4-6-14(12-16)19(15-7-5-9-17(13-15)21(24)25)28-29(26,27)18-10-2-1-3-11-18/h1-13H,(H,22,23)/q+2. The Balaban J connectivity index is 2.12. The molecular formula is C18H14IN2O7S+2. The van der Waals surface area contributed by atoms with Gasteiger partial charge in [-0.1, -0.05) is 30.3 Å². The summed E-state index contributed by atoms with van der Waals surface area (Å²) in [5, 5.41) is 20.3. The van der Waals surface area contributed by atoms with Gasteiger partial charge >= 0.3 is 36.0 Å². The van der Waals surface area contributed by atoms with Gasteiger partial charge in [0.1, 0.15) is 0 Å². The van der Waals surface area contributed by atoms with Crippen molar-refractivity contribution in [2.24, 2.45) is 0 Å². The van der Waals surface area contributed by atoms with Crippen LogP contribution in [0.5, 0.6) is 0 Å². The van der Waals surface area contributed by atoms with Gasteiger partial charge in [-0.05, 0) is 26.8 Å². The van der Waals surface area contributed by atoms with E-state index in [2.05, 4.69) is 0 Å². The van der Waals surface area contributed by atoms with Crippen molar-refractivity contribution >= 4 is 21.5 Å². The van der Waals surface area contributed by atoms with Crippen LogP contribution in [0, 0.1) is 22.2 Å². The Morgan fingerprint density at radius 3 is 1.93 bits per heavy atom. The molecule has 149 valence electrons. The normalized spacial score (nSPS) is 11.3. The maximum absolute atomic E-state index is 12.8. The van der Waals surface area contributed by atoms with Gasteiger partial charge in [0, 0.05) is 12.1 Å². The van der Waals surface area contributed by atoms with Crippen LogP contribution in [0.3, 0.4) is 0 Å². The molecule has 0 fully saturated rings. The lowest BCUT2D eigenvalue weighted by Crippen LogP contribution is -3.85. The van der Waals surface area contributed by atoms with Gasteiger partial charge in [0.15, 0.2) is 7.14 Å². The van der Waals surface area contributed by atoms with Gasteiger partial charge in [0.05, 0.1) is 26.9 Å². The maximum atomic E-state index is 12.8. The fourth-order valence-electron chi connectivity index (χ4n) is 2.30. The van der Waals surface area contributed by atoms with Crippen LogP contribution in [0.15, 0.2) is 83.8 Å². The second-order valence-corrected chi connectivity index (χ2v) is 12.1. The number of nitro benzene ring substituents is 1. The summed E-state index contributed by atoms with van der Waals surface area (Å²) in [5.74, 6) is 0. The van der Waals surface area contributed by atoms with Crippen LogP contribution in [0.4, 0.5) is 11.4 Å². The van der Waals surface area contributed by atoms with Crippen LogP contribution in [0.2, 0.25) is 0 Å². The molecule has 0 heterocycles. The molecular weight excluding hydrogens is 515 g/mol. The van der Waals surface area contributed by atoms with Crippen molar-refractivity contribution in [3.8, 4) is 0 Å². The Kier molecular flexibility index (Phi) is 6.20. The summed E-state index contributed by atoms with van der Waals surface area (Å²) in [6.45, 7) is 0. The zero-order valence-electron chi connectivity index (χ0n) is 14.6. The van der Waals surface area contributed by atoms with Gasteiger partial charge in [-0.2, -0.15) is 8.42 Å². The van der Waals surface area contributed by atoms with Crippen LogP contribution < -0.4 is 20.2 Å². The van der Waals surface area contributed by atoms with Crippen molar-refractivity contribution in [1.29, 1.82) is 0 Å². The highest BCUT2D eigenvalue weighted by Crippen LogP contribution is 2.11. The smallest absolute Gasteiger partial charge is 0.258 e. The third kappa shape index (κ3) is 4.93. The number of rotatable bonds is 7. The number of hydrogen-bond acceptors (Lipinski definition) is 6. The molecule has 0 aromatic heterocycles. The SMILES string of the molecule is O=[N+]([O-])c1cccc([I+](OS(=O)(=O)c2ccccc2)c2cccc([N+](=O)O)c2)c1. The Bertz CT molecular complexity index is 1110. The molecule has 29 heavy (non-hydrogen) atoms. The fraction of sp³-hybridized carbons (Fsp3) is 0. The summed E-state index contributed by atoms with van der Waals surface area (Å²) in [6, 6.07) is 18.7. The monoisotopic (exact) mass is 529 g/mol. The highest BCUT2D eigenvalue weighted by atomic mass is 127. The van der Waals surface area contributed by atoms with E-state index < -0.39 is 35.3 Å². The van der Waals surface area contributed by atoms with Gasteiger partial charge in [0.2, 0.25) is 0 Å². The molecule has 9 nitrogen and oxygen atoms in total. The first-order valence-corrected chi connectivity index (χ1v) is 12.4. The van der Waals surface area contributed by atoms with Gasteiger partial charge in [-0.3, -0.25) is 10.1 Å². The third-order valence-corrected chi connectivity index (χ3v) is 10.9. The molecule has 3 aromatic rings. The second-order valence-electron chi connectivity index (χ2n) is 5.57. The molecule has 0 spiro atoms. The van der Waals surface area contributed by atoms with Crippen molar-refractivity contribution in [3.05, 3.63) is 101 Å². The summed E-state index contributed by atoms with van der Waals surface area (Å²) in [4.78, 5) is 21.4. The van der Waals surface area contributed by atoms with Crippen LogP contribution in [0.1, 0.15) is 0 Å². The molecule has 0 unspecified atom stereocenters. The first kappa shape index (κ1) is 20.8. The Morgan fingerprint density at radius 1 is 0.828 bits per heavy atom. The maximum Gasteiger partial charge on any atom is 0.336 e. The van der Waals surface area contributed by atoms with Crippen LogP contribution >= 0.6 is 0 Å². The fourth-order valence-corrected chi connectivity index (χ4v) is 9.46. The zero-order valence-corrected chi connectivity index (χ0v) is 17.6. The largest absolute Gasteiger partial charge is 0.336 e. The molecule has 0 saturated heterocycles. The first-order chi connectivity index (χ1) is 13.8. The van der Waals surface area contributed by atoms with E-state index in [1.54, 1.807) is 30.3 Å². The number of hydrogen-bond donors (Lipinski definition) is 1. The lowest BCUT2D eigenvalue weighted by atomic mass is 10.3. The molecule has 0 bridgehead atoms. The minimum atomic E-state index is -4.18. The van der Waals surface area contributed by atoms with E-state index in [0.29, 0.717) is 7.14 Å². The molecule has 3 aromatic carbocycles. The molecule has 0 atom stereocenters. The predicted molar refractivity (Wildman–Crippen MR) is 96.7 cm³/mol. The topological polar surface area (TPSA) is 127 Å². The highest BCUT2D eigenvalue weighted by molar-refractivity contribution is 7.86. The number of non-ortho nitro benzene ring substituents is 1. The molecule has 0 aliphatic carbocycles. The van der Waals surface area contributed by atoms with E-state index in [1.165, 1.54) is 48.5 Å². The molecule has 0 aliphatic heterocycles. The zero-order chi connectivity index (χ0) is 21.0. The Labute approximate surface area is 173 Å². The average molecular weight is 529 g/mol. The van der Waals surface area contributed by atoms with Gasteiger partial charge < -0.3 is 0 Å². The summed E-state index contributed by atoms with van der Waals surface area (Å²) in [7, 11) is -4.18. The van der Waals surface area contributed by atoms with E-state index in [4.69, 9.17) is 2.51 Å². The van der Waals surface area contributed by atoms with E-state index >= 15 is 0 Å². The number of halogens is 1. The quantitative estimate of drug-likeness (QED) is 0.267. The van der Waals surface area contributed by atoms with Crippen LogP contribution in [-0.2, 0) is 12.6 Å². The van der Waals surface area contributed by atoms with Crippen molar-refractivity contribution in [3.63, 3.8) is 0 Å². The van der Waals surface area contributed by atoms with Crippen LogP contribution in [-0.4, -0.2) is 23.5 Å². The summed E-state index contributed by atoms with van der Waals surface area (Å²) in [5.41, 5.74) is -0.329. The first-order valence-electron chi connectivity index (χ1n) is 7.98. The predicted octanol–water partition coefficient (Wildman–Crippen LogP) is 0.379. The highest BCUT2D eigenvalue weighted by Gasteiger charge is 2.39. The lowest BCUT2D eigenvalue weighted by molar-refractivity contribution is -1.03. The molecule has 1 N–H and O–H groups in total. The summed E-state index contributed by atoms with van der Waals surface area (Å²) < 4.78 is 31.9. The summed E-state index contributed by atoms with van der Waals surface area (Å²) in [6.07, 6.45) is 0. The number of nitro groups is 1. The summed E-state index contributed by atoms with van der Waals surface area (Å²) >= 11 is -3.28. The Morgan fingerprint density at radius 2 is 1.38 bits per heavy atom. The van der Waals surface area contributed by atoms with E-state index in [1.807, 2.05) is 0 Å². The molecule has 11 heteroatoms. The molecule has 1 radical (unpaired) electrons. The number of nitrogens with zero attached hydrogens (tertiary/aromatic N) is 2. The lowest BCUT2D eigenvalue weighted by Gasteiger charge is -2.06. The van der Waals surface area contributed by atoms with E-state index in [0.717, 1.165) is 0 Å². The third-order valence-electron chi connectivity index (χ3n) is 3.62. The van der Waals surface area contributed by atoms with Crippen molar-refractivity contribution in [2.45, 2.75) is 4.90 Å². The van der Waals surface area contributed by atoms with Crippen molar-refractivity contribution < 1.29 is 46.2 Å². The molecule has 0 aliphatic rings. The number of benzene rings is 3. The van der Waals surface area contributed by atoms with Gasteiger partial charge in [-0.15, -0.1) is 0 Å². The molecule has 3 rings (SSSR count). The van der Waals surface area contributed by atoms with Crippen molar-refractivity contribution in [2.75, 3.05) is 0 Å². The molecule has 0 saturated carbocycles. The van der Waals surface area contributed by atoms with E-state index in [-0.39, 0.29) is 21.2 Å². The van der Waals surface area contributed by atoms with Gasteiger partial charge in [-0.25, -0.2) is 5.21 Å². The van der Waals surface area contributed by atoms with E-state index in [9.17, 15) is 28.6 Å².